The Morgan fingerprint density at radius 3 is 1.31 bits per heavy atom. The first kappa shape index (κ1) is 43.9. The summed E-state index contributed by atoms with van der Waals surface area (Å²) in [7, 11) is 0. The number of benzene rings is 1. The molecule has 312 valence electrons. The van der Waals surface area contributed by atoms with Crippen LogP contribution in [-0.2, 0) is 0 Å². The largest absolute Gasteiger partial charge is 0.335 e. The minimum Gasteiger partial charge on any atom is -0.335 e. The molecular weight excluding hydrogens is 677 g/mol. The van der Waals surface area contributed by atoms with Crippen molar-refractivity contribution in [2.24, 2.45) is 71.0 Å². The summed E-state index contributed by atoms with van der Waals surface area (Å²) < 4.78 is 0. The van der Waals surface area contributed by atoms with Crippen LogP contribution >= 0.6 is 0 Å². The van der Waals surface area contributed by atoms with Gasteiger partial charge in [-0.2, -0.15) is 0 Å². The van der Waals surface area contributed by atoms with Gasteiger partial charge in [-0.3, -0.25) is 9.80 Å². The van der Waals surface area contributed by atoms with E-state index in [0.29, 0.717) is 71.0 Å². The van der Waals surface area contributed by atoms with Gasteiger partial charge < -0.3 is 10.6 Å². The highest BCUT2D eigenvalue weighted by Gasteiger charge is 2.43. The van der Waals surface area contributed by atoms with Gasteiger partial charge in [-0.15, -0.1) is 0 Å². The number of aryl methyl sites for hydroxylation is 1. The van der Waals surface area contributed by atoms with E-state index < -0.39 is 0 Å². The summed E-state index contributed by atoms with van der Waals surface area (Å²) in [6, 6.07) is 7.33. The fourth-order valence-corrected chi connectivity index (χ4v) is 12.0. The Labute approximate surface area is 338 Å². The maximum absolute atomic E-state index is 15.2. The van der Waals surface area contributed by atoms with E-state index >= 15 is 9.59 Å². The molecule has 4 amide bonds. The zero-order valence-corrected chi connectivity index (χ0v) is 37.7. The third-order valence-electron chi connectivity index (χ3n) is 15.5. The van der Waals surface area contributed by atoms with Crippen LogP contribution in [0.5, 0.6) is 0 Å². The first-order valence-electron chi connectivity index (χ1n) is 23.3. The van der Waals surface area contributed by atoms with Gasteiger partial charge in [-0.1, -0.05) is 115 Å². The van der Waals surface area contributed by atoms with E-state index in [1.54, 1.807) is 0 Å². The van der Waals surface area contributed by atoms with Crippen LogP contribution in [0.1, 0.15) is 166 Å². The number of carbonyl (C=O) groups is 2. The molecular formula is C49H84N4O2. The minimum absolute atomic E-state index is 0.0580. The molecule has 4 aliphatic rings. The smallest absolute Gasteiger partial charge is 0.322 e. The fourth-order valence-electron chi connectivity index (χ4n) is 12.0. The zero-order valence-electron chi connectivity index (χ0n) is 37.7. The summed E-state index contributed by atoms with van der Waals surface area (Å²) in [5, 5.41) is 7.40. The van der Waals surface area contributed by atoms with Crippen molar-refractivity contribution in [3.8, 4) is 0 Å². The topological polar surface area (TPSA) is 64.7 Å². The molecule has 2 N–H and O–H groups in total. The SMILES string of the molecule is Cc1ccc(N(C(=O)NC2CC(C)CCC2C(C)C)C2CC(C)CCC2C(C)C)cc1N(C(=O)NC1CC(C)CCC1C(C)C)C1CC(C)CCC1C(C)C. The molecule has 4 saturated carbocycles. The fraction of sp³-hybridized carbons (Fsp3) is 0.837. The Hall–Kier alpha value is -2.24. The van der Waals surface area contributed by atoms with Gasteiger partial charge >= 0.3 is 12.1 Å². The predicted molar refractivity (Wildman–Crippen MR) is 234 cm³/mol. The van der Waals surface area contributed by atoms with E-state index in [0.717, 1.165) is 55.5 Å². The molecule has 6 nitrogen and oxygen atoms in total. The number of nitrogens with zero attached hydrogens (tertiary/aromatic N) is 2. The molecule has 1 aromatic carbocycles. The molecule has 0 radical (unpaired) electrons. The third kappa shape index (κ3) is 10.4. The number of urea groups is 2. The molecule has 6 heteroatoms. The molecule has 0 aromatic heterocycles. The van der Waals surface area contributed by atoms with Gasteiger partial charge in [0.25, 0.3) is 0 Å². The lowest BCUT2D eigenvalue weighted by Crippen LogP contribution is -2.57. The average Bonchev–Trinajstić information content (AvgIpc) is 3.09. The van der Waals surface area contributed by atoms with Crippen molar-refractivity contribution in [1.82, 2.24) is 10.6 Å². The van der Waals surface area contributed by atoms with Crippen molar-refractivity contribution < 1.29 is 9.59 Å². The summed E-state index contributed by atoms with van der Waals surface area (Å²) in [5.74, 6) is 6.13. The highest BCUT2D eigenvalue weighted by atomic mass is 16.2. The molecule has 0 spiro atoms. The van der Waals surface area contributed by atoms with Crippen LogP contribution in [-0.4, -0.2) is 36.2 Å². The van der Waals surface area contributed by atoms with Crippen LogP contribution in [0.2, 0.25) is 0 Å². The number of amides is 4. The molecule has 0 heterocycles. The van der Waals surface area contributed by atoms with Gasteiger partial charge in [-0.25, -0.2) is 9.59 Å². The maximum Gasteiger partial charge on any atom is 0.322 e. The van der Waals surface area contributed by atoms with Crippen LogP contribution in [0.3, 0.4) is 0 Å². The van der Waals surface area contributed by atoms with Gasteiger partial charge in [0, 0.05) is 29.9 Å². The van der Waals surface area contributed by atoms with Crippen LogP contribution in [0.15, 0.2) is 18.2 Å². The average molecular weight is 761 g/mol. The number of carbonyl (C=O) groups excluding carboxylic acids is 2. The summed E-state index contributed by atoms with van der Waals surface area (Å²) >= 11 is 0. The van der Waals surface area contributed by atoms with Gasteiger partial charge in [0.05, 0.1) is 5.69 Å². The number of anilines is 2. The van der Waals surface area contributed by atoms with Gasteiger partial charge in [0.2, 0.25) is 0 Å². The summed E-state index contributed by atoms with van der Waals surface area (Å²) in [4.78, 5) is 34.8. The Balaban J connectivity index is 1.61. The van der Waals surface area contributed by atoms with Crippen LogP contribution in [0, 0.1) is 77.9 Å². The Bertz CT molecular complexity index is 1400. The van der Waals surface area contributed by atoms with Crippen molar-refractivity contribution in [1.29, 1.82) is 0 Å². The highest BCUT2D eigenvalue weighted by molar-refractivity contribution is 5.97. The second-order valence-electron chi connectivity index (χ2n) is 21.3. The van der Waals surface area contributed by atoms with Gasteiger partial charge in [0.15, 0.2) is 0 Å². The van der Waals surface area contributed by atoms with Crippen molar-refractivity contribution >= 4 is 23.4 Å². The first-order valence-corrected chi connectivity index (χ1v) is 23.3. The lowest BCUT2D eigenvalue weighted by atomic mass is 9.72. The Morgan fingerprint density at radius 2 is 0.891 bits per heavy atom. The molecule has 0 aliphatic heterocycles. The second-order valence-corrected chi connectivity index (χ2v) is 21.3. The molecule has 12 unspecified atom stereocenters. The van der Waals surface area contributed by atoms with E-state index in [2.05, 4.69) is 129 Å². The molecule has 0 saturated heterocycles. The molecule has 0 bridgehead atoms. The standard InChI is InChI=1S/C49H84N4O2/c1-29(2)39-20-14-33(9)24-43(39)50-48(54)52(46-26-35(11)16-22-41(46)31(5)6)38-19-18-37(13)45(28-38)53(47-27-36(12)17-23-42(47)32(7)8)49(55)51-44-25-34(10)15-21-40(44)30(3)4/h18-19,28-36,39-44,46-47H,14-17,20-27H2,1-13H3,(H,50,54)(H,51,55). The molecule has 1 aromatic rings. The van der Waals surface area contributed by atoms with Gasteiger partial charge in [0.1, 0.15) is 0 Å². The van der Waals surface area contributed by atoms with Crippen LogP contribution in [0.4, 0.5) is 21.0 Å². The van der Waals surface area contributed by atoms with E-state index in [1.807, 2.05) is 0 Å². The van der Waals surface area contributed by atoms with Crippen molar-refractivity contribution in [3.63, 3.8) is 0 Å². The predicted octanol–water partition coefficient (Wildman–Crippen LogP) is 12.9. The third-order valence-corrected chi connectivity index (χ3v) is 15.5. The number of nitrogens with one attached hydrogen (secondary N) is 2. The lowest BCUT2D eigenvalue weighted by Gasteiger charge is -2.47. The van der Waals surface area contributed by atoms with E-state index in [4.69, 9.17) is 0 Å². The molecule has 5 rings (SSSR count). The lowest BCUT2D eigenvalue weighted by molar-refractivity contribution is 0.160. The van der Waals surface area contributed by atoms with E-state index in [1.165, 1.54) is 38.5 Å². The minimum atomic E-state index is 0.0580. The highest BCUT2D eigenvalue weighted by Crippen LogP contribution is 2.44. The Morgan fingerprint density at radius 1 is 0.527 bits per heavy atom. The number of hydrogen-bond donors (Lipinski definition) is 2. The number of hydrogen-bond acceptors (Lipinski definition) is 2. The summed E-state index contributed by atoms with van der Waals surface area (Å²) in [6.07, 6.45) is 13.6. The van der Waals surface area contributed by atoms with Crippen LogP contribution < -0.4 is 20.4 Å². The normalized spacial score (nSPS) is 34.6. The first-order chi connectivity index (χ1) is 26.0. The van der Waals surface area contributed by atoms with Crippen LogP contribution in [0.25, 0.3) is 0 Å². The molecule has 55 heavy (non-hydrogen) atoms. The second kappa shape index (κ2) is 19.0. The Kier molecular flexibility index (Phi) is 15.2. The van der Waals surface area contributed by atoms with Crippen molar-refractivity contribution in [3.05, 3.63) is 23.8 Å². The molecule has 4 fully saturated rings. The van der Waals surface area contributed by atoms with Crippen molar-refractivity contribution in [2.45, 2.75) is 191 Å². The molecule has 4 aliphatic carbocycles. The van der Waals surface area contributed by atoms with Crippen molar-refractivity contribution in [2.75, 3.05) is 9.80 Å². The van der Waals surface area contributed by atoms with E-state index in [9.17, 15) is 0 Å². The maximum atomic E-state index is 15.2. The zero-order chi connectivity index (χ0) is 40.3. The quantitative estimate of drug-likeness (QED) is 0.249. The monoisotopic (exact) mass is 761 g/mol. The van der Waals surface area contributed by atoms with Gasteiger partial charge in [-0.05, 0) is 147 Å². The summed E-state index contributed by atoms with van der Waals surface area (Å²) in [5.41, 5.74) is 3.04. The summed E-state index contributed by atoms with van der Waals surface area (Å²) in [6.45, 7) is 30.3. The van der Waals surface area contributed by atoms with E-state index in [-0.39, 0.29) is 36.2 Å². The number of rotatable bonds is 10. The molecule has 12 atom stereocenters.